The molecular weight excluding hydrogens is 765 g/mol. The van der Waals surface area contributed by atoms with Crippen LogP contribution in [0.1, 0.15) is 83.7 Å². The number of nitrogens with one attached hydrogen (secondary N) is 4. The Morgan fingerprint density at radius 1 is 0.867 bits per heavy atom. The Hall–Kier alpha value is -5.67. The van der Waals surface area contributed by atoms with E-state index in [1.54, 1.807) is 0 Å². The van der Waals surface area contributed by atoms with Gasteiger partial charge in [-0.25, -0.2) is 19.6 Å². The molecule has 3 amide bonds. The van der Waals surface area contributed by atoms with Gasteiger partial charge in [-0.15, -0.1) is 0 Å². The fourth-order valence-corrected chi connectivity index (χ4v) is 9.34. The minimum Gasteiger partial charge on any atom is -0.488 e. The first-order chi connectivity index (χ1) is 28.7. The molecule has 15 nitrogen and oxygen atoms in total. The molecule has 318 valence electrons. The number of rotatable bonds is 10. The summed E-state index contributed by atoms with van der Waals surface area (Å²) >= 11 is 0. The lowest BCUT2D eigenvalue weighted by Crippen LogP contribution is -2.54. The molecule has 2 aromatic heterocycles. The first kappa shape index (κ1) is 41.1. The molecule has 0 bridgehead atoms. The standard InChI is InChI=1S/C45H56N8O7/c1-22(2)37(50-44(56)58-7)42(54)52-19-24(5)13-34(52)40-46-18-33(48-40)27-9-11-29-28(15-27)21-60-36-17-30-26(16-31(29)36)10-12-32-39(30)49-41(47-32)35-14-25(6)20-53(35)43(55)38(23(3)4)51-45(57)59-8/h9-12,15-18,22-25,34-35,37-38,43,55H,13-14,19-21H2,1-8H3,(H,46,48)(H,47,49)(H,50,56)(H,51,57)/t24-,25-,34-,35-,37-,38-,43?/m0/s1. The summed E-state index contributed by atoms with van der Waals surface area (Å²) in [5.74, 6) is 2.55. The predicted octanol–water partition coefficient (Wildman–Crippen LogP) is 7.04. The van der Waals surface area contributed by atoms with Gasteiger partial charge in [-0.05, 0) is 82.9 Å². The van der Waals surface area contributed by atoms with Crippen LogP contribution < -0.4 is 15.4 Å². The molecule has 2 saturated heterocycles. The van der Waals surface area contributed by atoms with E-state index in [-0.39, 0.29) is 35.7 Å². The Morgan fingerprint density at radius 2 is 1.60 bits per heavy atom. The molecule has 2 fully saturated rings. The van der Waals surface area contributed by atoms with E-state index in [9.17, 15) is 19.5 Å². The zero-order chi connectivity index (χ0) is 42.6. The minimum absolute atomic E-state index is 0.0324. The van der Waals surface area contributed by atoms with Gasteiger partial charge >= 0.3 is 12.2 Å². The van der Waals surface area contributed by atoms with Crippen molar-refractivity contribution in [3.8, 4) is 28.1 Å². The summed E-state index contributed by atoms with van der Waals surface area (Å²) in [6.45, 7) is 13.7. The number of hydrogen-bond donors (Lipinski definition) is 5. The number of aliphatic hydroxyl groups excluding tert-OH is 1. The second-order valence-corrected chi connectivity index (χ2v) is 17.6. The Balaban J connectivity index is 1.04. The van der Waals surface area contributed by atoms with E-state index in [1.807, 2.05) is 43.7 Å². The number of nitrogens with zero attached hydrogens (tertiary/aromatic N) is 4. The van der Waals surface area contributed by atoms with Crippen LogP contribution in [0.4, 0.5) is 9.59 Å². The zero-order valence-corrected chi connectivity index (χ0v) is 35.5. The molecule has 0 saturated carbocycles. The van der Waals surface area contributed by atoms with E-state index in [0.717, 1.165) is 74.2 Å². The van der Waals surface area contributed by atoms with Crippen molar-refractivity contribution in [1.82, 2.24) is 40.4 Å². The Morgan fingerprint density at radius 3 is 2.33 bits per heavy atom. The van der Waals surface area contributed by atoms with E-state index < -0.39 is 30.5 Å². The van der Waals surface area contributed by atoms with Gasteiger partial charge in [-0.1, -0.05) is 59.7 Å². The molecule has 5 aromatic rings. The average Bonchev–Trinajstić information content (AvgIpc) is 4.05. The van der Waals surface area contributed by atoms with Crippen molar-refractivity contribution in [2.24, 2.45) is 23.7 Å². The number of ether oxygens (including phenoxy) is 3. The number of fused-ring (bicyclic) bond motifs is 6. The van der Waals surface area contributed by atoms with Gasteiger partial charge in [0, 0.05) is 24.0 Å². The van der Waals surface area contributed by atoms with Crippen molar-refractivity contribution >= 4 is 39.9 Å². The van der Waals surface area contributed by atoms with E-state index in [1.165, 1.54) is 14.2 Å². The van der Waals surface area contributed by atoms with Crippen LogP contribution in [0.5, 0.6) is 5.75 Å². The summed E-state index contributed by atoms with van der Waals surface area (Å²) in [6, 6.07) is 13.1. The van der Waals surface area contributed by atoms with Gasteiger partial charge in [0.15, 0.2) is 0 Å². The van der Waals surface area contributed by atoms with Crippen LogP contribution in [-0.4, -0.2) is 98.6 Å². The molecule has 1 unspecified atom stereocenters. The smallest absolute Gasteiger partial charge is 0.407 e. The van der Waals surface area contributed by atoms with Crippen LogP contribution >= 0.6 is 0 Å². The summed E-state index contributed by atoms with van der Waals surface area (Å²) in [5, 5.41) is 19.2. The SMILES string of the molecule is COC(=O)N[C@@H](C(C)C)C(O)N1C[C@@H](C)C[C@H]1c1nc2c(ccc3cc4c(cc32)OCc2cc(-c3cnc([C@@H]5C[C@H](C)CN5C(=O)[C@@H](NC(=O)OC)C(C)C)[nH]3)ccc2-4)[nH]1. The third kappa shape index (κ3) is 7.64. The molecule has 7 atom stereocenters. The Bertz CT molecular complexity index is 2420. The van der Waals surface area contributed by atoms with Crippen molar-refractivity contribution in [3.05, 3.63) is 65.9 Å². The molecule has 3 aliphatic heterocycles. The first-order valence-corrected chi connectivity index (χ1v) is 21.0. The number of methoxy groups -OCH3 is 2. The van der Waals surface area contributed by atoms with Crippen molar-refractivity contribution in [3.63, 3.8) is 0 Å². The summed E-state index contributed by atoms with van der Waals surface area (Å²) in [7, 11) is 2.62. The molecule has 8 rings (SSSR count). The molecular formula is C45H56N8O7. The number of aliphatic hydroxyl groups is 1. The number of alkyl carbamates (subject to hydrolysis) is 2. The first-order valence-electron chi connectivity index (χ1n) is 21.0. The van der Waals surface area contributed by atoms with Crippen molar-refractivity contribution < 1.29 is 33.7 Å². The second-order valence-electron chi connectivity index (χ2n) is 17.6. The number of carbonyl (C=O) groups is 3. The largest absolute Gasteiger partial charge is 0.488 e. The molecule has 0 spiro atoms. The van der Waals surface area contributed by atoms with Crippen molar-refractivity contribution in [2.75, 3.05) is 27.3 Å². The maximum Gasteiger partial charge on any atom is 0.407 e. The monoisotopic (exact) mass is 820 g/mol. The lowest BCUT2D eigenvalue weighted by atomic mass is 9.92. The maximum atomic E-state index is 13.8. The molecule has 3 aromatic carbocycles. The number of amides is 3. The van der Waals surface area contributed by atoms with Crippen molar-refractivity contribution in [2.45, 2.75) is 91.4 Å². The van der Waals surface area contributed by atoms with Gasteiger partial charge in [0.25, 0.3) is 0 Å². The lowest BCUT2D eigenvalue weighted by molar-refractivity contribution is -0.135. The number of carbonyl (C=O) groups excluding carboxylic acids is 3. The van der Waals surface area contributed by atoms with Crippen LogP contribution in [0.25, 0.3) is 44.2 Å². The maximum absolute atomic E-state index is 13.8. The fraction of sp³-hybridized carbons (Fsp3) is 0.489. The molecule has 3 aliphatic rings. The lowest BCUT2D eigenvalue weighted by Gasteiger charge is -2.35. The van der Waals surface area contributed by atoms with Crippen LogP contribution in [0, 0.1) is 23.7 Å². The number of aromatic nitrogens is 4. The highest BCUT2D eigenvalue weighted by molar-refractivity contribution is 6.07. The number of H-pyrrole nitrogens is 2. The van der Waals surface area contributed by atoms with E-state index in [4.69, 9.17) is 24.2 Å². The summed E-state index contributed by atoms with van der Waals surface area (Å²) in [6.07, 6.45) is 1.25. The van der Waals surface area contributed by atoms with Gasteiger partial charge in [-0.2, -0.15) is 0 Å². The van der Waals surface area contributed by atoms with E-state index in [2.05, 4.69) is 76.9 Å². The third-order valence-electron chi connectivity index (χ3n) is 12.5. The van der Waals surface area contributed by atoms with Gasteiger partial charge in [0.05, 0.1) is 55.3 Å². The molecule has 5 N–H and O–H groups in total. The highest BCUT2D eigenvalue weighted by Gasteiger charge is 2.42. The van der Waals surface area contributed by atoms with Gasteiger partial charge in [0.1, 0.15) is 36.3 Å². The quantitative estimate of drug-likeness (QED) is 0.0979. The highest BCUT2D eigenvalue weighted by Crippen LogP contribution is 2.44. The fourth-order valence-electron chi connectivity index (χ4n) is 9.34. The normalized spacial score (nSPS) is 21.8. The highest BCUT2D eigenvalue weighted by atomic mass is 16.5. The number of likely N-dealkylation sites (tertiary alicyclic amines) is 2. The topological polar surface area (TPSA) is 187 Å². The molecule has 60 heavy (non-hydrogen) atoms. The molecule has 0 radical (unpaired) electrons. The average molecular weight is 821 g/mol. The second kappa shape index (κ2) is 16.4. The molecule has 5 heterocycles. The van der Waals surface area contributed by atoms with Gasteiger partial charge < -0.3 is 44.8 Å². The summed E-state index contributed by atoms with van der Waals surface area (Å²) in [4.78, 5) is 58.9. The Kier molecular flexibility index (Phi) is 11.2. The van der Waals surface area contributed by atoms with Crippen LogP contribution in [0.15, 0.2) is 48.7 Å². The van der Waals surface area contributed by atoms with Crippen LogP contribution in [0.2, 0.25) is 0 Å². The minimum atomic E-state index is -0.932. The number of benzene rings is 3. The van der Waals surface area contributed by atoms with Crippen LogP contribution in [0.3, 0.4) is 0 Å². The zero-order valence-electron chi connectivity index (χ0n) is 35.5. The van der Waals surface area contributed by atoms with E-state index >= 15 is 0 Å². The van der Waals surface area contributed by atoms with Crippen molar-refractivity contribution in [1.29, 1.82) is 0 Å². The predicted molar refractivity (Wildman–Crippen MR) is 227 cm³/mol. The summed E-state index contributed by atoms with van der Waals surface area (Å²) < 4.78 is 16.1. The Labute approximate surface area is 349 Å². The summed E-state index contributed by atoms with van der Waals surface area (Å²) in [5.41, 5.74) is 6.68. The van der Waals surface area contributed by atoms with E-state index in [0.29, 0.717) is 31.4 Å². The third-order valence-corrected chi connectivity index (χ3v) is 12.5. The van der Waals surface area contributed by atoms with Crippen LogP contribution in [-0.2, 0) is 20.9 Å². The number of hydrogen-bond acceptors (Lipinski definition) is 10. The number of imidazole rings is 2. The van der Waals surface area contributed by atoms with Gasteiger partial charge in [-0.3, -0.25) is 9.69 Å². The molecule has 15 heteroatoms. The van der Waals surface area contributed by atoms with Gasteiger partial charge in [0.2, 0.25) is 5.91 Å². The molecule has 0 aliphatic carbocycles. The number of aromatic amines is 2.